The van der Waals surface area contributed by atoms with Gasteiger partial charge in [0.2, 0.25) is 5.91 Å². The van der Waals surface area contributed by atoms with Crippen LogP contribution in [-0.2, 0) is 16.1 Å². The standard InChI is InChI=1S/C19H20N4O3S/c1-26-9-8-23-16-10-14(7-6-13(16)11-21-23)22-19(25)15-4-2-3-5-17(15)27-12-18(20)24/h2-7,10-11H,8-9,12H2,1H3,(H2,20,24)(H,22,25). The number of nitrogens with two attached hydrogens (primary N) is 1. The van der Waals surface area contributed by atoms with Gasteiger partial charge in [-0.05, 0) is 30.3 Å². The van der Waals surface area contributed by atoms with Gasteiger partial charge in [0.25, 0.3) is 5.91 Å². The Balaban J connectivity index is 1.81. The van der Waals surface area contributed by atoms with Gasteiger partial charge in [0, 0.05) is 23.1 Å². The second kappa shape index (κ2) is 8.70. The number of amides is 2. The fourth-order valence-electron chi connectivity index (χ4n) is 2.63. The molecule has 7 nitrogen and oxygen atoms in total. The highest BCUT2D eigenvalue weighted by molar-refractivity contribution is 8.00. The summed E-state index contributed by atoms with van der Waals surface area (Å²) in [6.07, 6.45) is 1.78. The van der Waals surface area contributed by atoms with Crippen molar-refractivity contribution in [2.24, 2.45) is 5.73 Å². The number of thioether (sulfide) groups is 1. The highest BCUT2D eigenvalue weighted by atomic mass is 32.2. The summed E-state index contributed by atoms with van der Waals surface area (Å²) in [5, 5.41) is 8.24. The van der Waals surface area contributed by atoms with E-state index in [1.54, 1.807) is 31.5 Å². The fourth-order valence-corrected chi connectivity index (χ4v) is 3.42. The Kier molecular flexibility index (Phi) is 6.10. The van der Waals surface area contributed by atoms with E-state index >= 15 is 0 Å². The maximum absolute atomic E-state index is 12.7. The summed E-state index contributed by atoms with van der Waals surface area (Å²) in [7, 11) is 1.64. The first-order valence-corrected chi connectivity index (χ1v) is 9.33. The molecule has 3 aromatic rings. The van der Waals surface area contributed by atoms with Crippen LogP contribution in [0.2, 0.25) is 0 Å². The zero-order valence-corrected chi connectivity index (χ0v) is 15.7. The average molecular weight is 384 g/mol. The number of rotatable bonds is 8. The summed E-state index contributed by atoms with van der Waals surface area (Å²) in [4.78, 5) is 24.5. The lowest BCUT2D eigenvalue weighted by molar-refractivity contribution is -0.115. The number of hydrogen-bond donors (Lipinski definition) is 2. The Morgan fingerprint density at radius 1 is 1.26 bits per heavy atom. The number of benzene rings is 2. The molecule has 0 bridgehead atoms. The van der Waals surface area contributed by atoms with Crippen molar-refractivity contribution in [1.82, 2.24) is 9.78 Å². The van der Waals surface area contributed by atoms with Crippen molar-refractivity contribution in [3.63, 3.8) is 0 Å². The Morgan fingerprint density at radius 3 is 2.85 bits per heavy atom. The van der Waals surface area contributed by atoms with Crippen molar-refractivity contribution in [3.05, 3.63) is 54.2 Å². The van der Waals surface area contributed by atoms with Crippen molar-refractivity contribution in [3.8, 4) is 0 Å². The van der Waals surface area contributed by atoms with Crippen molar-refractivity contribution in [2.45, 2.75) is 11.4 Å². The number of anilines is 1. The third kappa shape index (κ3) is 4.66. The van der Waals surface area contributed by atoms with Gasteiger partial charge in [-0.15, -0.1) is 11.8 Å². The van der Waals surface area contributed by atoms with Crippen LogP contribution in [0.1, 0.15) is 10.4 Å². The van der Waals surface area contributed by atoms with E-state index in [0.29, 0.717) is 29.3 Å². The molecule has 0 saturated carbocycles. The molecule has 1 heterocycles. The van der Waals surface area contributed by atoms with Gasteiger partial charge in [0.1, 0.15) is 0 Å². The van der Waals surface area contributed by atoms with Crippen LogP contribution in [0.4, 0.5) is 5.69 Å². The van der Waals surface area contributed by atoms with Crippen LogP contribution in [0.5, 0.6) is 0 Å². The predicted octanol–water partition coefficient (Wildman–Crippen LogP) is 2.51. The lowest BCUT2D eigenvalue weighted by Gasteiger charge is -2.10. The number of hydrogen-bond acceptors (Lipinski definition) is 5. The first-order valence-electron chi connectivity index (χ1n) is 8.34. The average Bonchev–Trinajstić information content (AvgIpc) is 3.07. The van der Waals surface area contributed by atoms with E-state index in [-0.39, 0.29) is 11.7 Å². The highest BCUT2D eigenvalue weighted by Gasteiger charge is 2.13. The van der Waals surface area contributed by atoms with Crippen LogP contribution in [0.3, 0.4) is 0 Å². The predicted molar refractivity (Wildman–Crippen MR) is 106 cm³/mol. The molecule has 27 heavy (non-hydrogen) atoms. The Labute approximate surface area is 160 Å². The molecule has 0 saturated heterocycles. The van der Waals surface area contributed by atoms with Crippen molar-refractivity contribution < 1.29 is 14.3 Å². The number of ether oxygens (including phenoxy) is 1. The molecule has 2 amide bonds. The molecular formula is C19H20N4O3S. The molecule has 0 radical (unpaired) electrons. The minimum atomic E-state index is -0.426. The fraction of sp³-hybridized carbons (Fsp3) is 0.211. The van der Waals surface area contributed by atoms with Crippen molar-refractivity contribution >= 4 is 40.2 Å². The summed E-state index contributed by atoms with van der Waals surface area (Å²) in [5.74, 6) is -0.551. The number of nitrogens with one attached hydrogen (secondary N) is 1. The number of methoxy groups -OCH3 is 1. The zero-order chi connectivity index (χ0) is 19.2. The Hall–Kier alpha value is -2.84. The molecule has 140 valence electrons. The third-order valence-corrected chi connectivity index (χ3v) is 5.01. The lowest BCUT2D eigenvalue weighted by Crippen LogP contribution is -2.15. The van der Waals surface area contributed by atoms with Gasteiger partial charge in [-0.1, -0.05) is 12.1 Å². The number of carbonyl (C=O) groups excluding carboxylic acids is 2. The Morgan fingerprint density at radius 2 is 2.07 bits per heavy atom. The molecule has 3 N–H and O–H groups in total. The third-order valence-electron chi connectivity index (χ3n) is 3.91. The molecule has 0 aliphatic carbocycles. The van der Waals surface area contributed by atoms with E-state index in [0.717, 1.165) is 10.9 Å². The molecule has 8 heteroatoms. The number of fused-ring (bicyclic) bond motifs is 1. The molecular weight excluding hydrogens is 364 g/mol. The monoisotopic (exact) mass is 384 g/mol. The van der Waals surface area contributed by atoms with Gasteiger partial charge >= 0.3 is 0 Å². The molecule has 0 aliphatic rings. The lowest BCUT2D eigenvalue weighted by atomic mass is 10.2. The number of aromatic nitrogens is 2. The van der Waals surface area contributed by atoms with Gasteiger partial charge in [-0.3, -0.25) is 14.3 Å². The first-order chi connectivity index (χ1) is 13.1. The summed E-state index contributed by atoms with van der Waals surface area (Å²) >= 11 is 1.25. The molecule has 0 fully saturated rings. The van der Waals surface area contributed by atoms with Gasteiger partial charge < -0.3 is 15.8 Å². The molecule has 0 spiro atoms. The van der Waals surface area contributed by atoms with Crippen molar-refractivity contribution in [1.29, 1.82) is 0 Å². The quantitative estimate of drug-likeness (QED) is 0.582. The largest absolute Gasteiger partial charge is 0.383 e. The van der Waals surface area contributed by atoms with Crippen LogP contribution in [0.15, 0.2) is 53.6 Å². The maximum atomic E-state index is 12.7. The van der Waals surface area contributed by atoms with E-state index in [1.807, 2.05) is 28.9 Å². The number of nitrogens with zero attached hydrogens (tertiary/aromatic N) is 2. The number of carbonyl (C=O) groups is 2. The molecule has 2 aromatic carbocycles. The Bertz CT molecular complexity index is 970. The van der Waals surface area contributed by atoms with Gasteiger partial charge in [0.15, 0.2) is 0 Å². The van der Waals surface area contributed by atoms with Crippen LogP contribution >= 0.6 is 11.8 Å². The van der Waals surface area contributed by atoms with Crippen LogP contribution in [0.25, 0.3) is 10.9 Å². The topological polar surface area (TPSA) is 99.2 Å². The van der Waals surface area contributed by atoms with Crippen LogP contribution < -0.4 is 11.1 Å². The molecule has 1 aromatic heterocycles. The van der Waals surface area contributed by atoms with E-state index in [2.05, 4.69) is 10.4 Å². The van der Waals surface area contributed by atoms with E-state index in [4.69, 9.17) is 10.5 Å². The normalized spacial score (nSPS) is 10.9. The molecule has 0 atom stereocenters. The SMILES string of the molecule is COCCn1ncc2ccc(NC(=O)c3ccccc3SCC(N)=O)cc21. The van der Waals surface area contributed by atoms with Crippen molar-refractivity contribution in [2.75, 3.05) is 24.8 Å². The van der Waals surface area contributed by atoms with Gasteiger partial charge in [0.05, 0.1) is 36.2 Å². The first kappa shape index (κ1) is 18.9. The molecule has 3 rings (SSSR count). The summed E-state index contributed by atoms with van der Waals surface area (Å²) in [6.45, 7) is 1.18. The smallest absolute Gasteiger partial charge is 0.256 e. The second-order valence-electron chi connectivity index (χ2n) is 5.84. The molecule has 0 aliphatic heterocycles. The molecule has 0 unspecified atom stereocenters. The van der Waals surface area contributed by atoms with E-state index < -0.39 is 5.91 Å². The highest BCUT2D eigenvalue weighted by Crippen LogP contribution is 2.24. The van der Waals surface area contributed by atoms with Gasteiger partial charge in [-0.2, -0.15) is 5.10 Å². The second-order valence-corrected chi connectivity index (χ2v) is 6.86. The number of primary amides is 1. The van der Waals surface area contributed by atoms with Crippen LogP contribution in [0, 0.1) is 0 Å². The minimum Gasteiger partial charge on any atom is -0.383 e. The maximum Gasteiger partial charge on any atom is 0.256 e. The van der Waals surface area contributed by atoms with Gasteiger partial charge in [-0.25, -0.2) is 0 Å². The van der Waals surface area contributed by atoms with E-state index in [9.17, 15) is 9.59 Å². The summed E-state index contributed by atoms with van der Waals surface area (Å²) in [6, 6.07) is 12.8. The van der Waals surface area contributed by atoms with E-state index in [1.165, 1.54) is 11.8 Å². The zero-order valence-electron chi connectivity index (χ0n) is 14.8. The summed E-state index contributed by atoms with van der Waals surface area (Å²) < 4.78 is 6.94. The minimum absolute atomic E-state index is 0.120. The summed E-state index contributed by atoms with van der Waals surface area (Å²) in [5.41, 5.74) is 7.29. The van der Waals surface area contributed by atoms with Crippen LogP contribution in [-0.4, -0.2) is 41.1 Å².